The smallest absolute Gasteiger partial charge is 0.234 e. The van der Waals surface area contributed by atoms with Crippen molar-refractivity contribution in [1.29, 1.82) is 0 Å². The molecule has 31 heavy (non-hydrogen) atoms. The molecule has 2 aliphatic heterocycles. The van der Waals surface area contributed by atoms with Gasteiger partial charge >= 0.3 is 0 Å². The van der Waals surface area contributed by atoms with E-state index in [-0.39, 0.29) is 17.9 Å². The molecule has 0 spiro atoms. The van der Waals surface area contributed by atoms with E-state index >= 15 is 0 Å². The number of halogens is 1. The van der Waals surface area contributed by atoms with Crippen LogP contribution in [0.25, 0.3) is 11.3 Å². The maximum Gasteiger partial charge on any atom is 0.234 e. The second-order valence-corrected chi connectivity index (χ2v) is 9.45. The van der Waals surface area contributed by atoms with E-state index in [4.69, 9.17) is 11.6 Å². The fourth-order valence-corrected chi connectivity index (χ4v) is 4.99. The molecule has 2 aliphatic rings. The van der Waals surface area contributed by atoms with Crippen LogP contribution in [0, 0.1) is 12.8 Å². The lowest BCUT2D eigenvalue weighted by Crippen LogP contribution is -2.45. The first-order chi connectivity index (χ1) is 14.9. The van der Waals surface area contributed by atoms with Gasteiger partial charge in [0.2, 0.25) is 17.2 Å². The predicted octanol–water partition coefficient (Wildman–Crippen LogP) is 2.65. The van der Waals surface area contributed by atoms with Crippen molar-refractivity contribution in [3.05, 3.63) is 41.2 Å². The molecular formula is C21H26ClN5O3S. The van der Waals surface area contributed by atoms with Crippen LogP contribution in [0.2, 0.25) is 5.02 Å². The van der Waals surface area contributed by atoms with Gasteiger partial charge in [0.15, 0.2) is 0 Å². The fraction of sp³-hybridized carbons (Fsp3) is 0.476. The third kappa shape index (κ3) is 5.06. The number of aromatic nitrogens is 2. The third-order valence-electron chi connectivity index (χ3n) is 6.01. The zero-order chi connectivity index (χ0) is 22.0. The number of nitrogens with one attached hydrogen (secondary N) is 1. The van der Waals surface area contributed by atoms with Crippen LogP contribution in [-0.4, -0.2) is 61.2 Å². The van der Waals surface area contributed by atoms with Gasteiger partial charge < -0.3 is 10.2 Å². The Morgan fingerprint density at radius 3 is 2.71 bits per heavy atom. The summed E-state index contributed by atoms with van der Waals surface area (Å²) in [6, 6.07) is 5.81. The van der Waals surface area contributed by atoms with Crippen LogP contribution in [0.5, 0.6) is 0 Å². The molecule has 4 rings (SSSR count). The minimum absolute atomic E-state index is 0.0316. The van der Waals surface area contributed by atoms with Crippen LogP contribution in [0.15, 0.2) is 30.6 Å². The number of pyridine rings is 2. The lowest BCUT2D eigenvalue weighted by atomic mass is 9.95. The molecule has 4 heterocycles. The number of rotatable bonds is 5. The molecule has 166 valence electrons. The van der Waals surface area contributed by atoms with Crippen molar-refractivity contribution >= 4 is 34.6 Å². The molecule has 2 atom stereocenters. The molecule has 1 amide bonds. The van der Waals surface area contributed by atoms with E-state index in [1.165, 1.54) is 4.31 Å². The molecule has 2 N–H and O–H groups in total. The van der Waals surface area contributed by atoms with Gasteiger partial charge in [0.05, 0.1) is 10.7 Å². The number of carbonyl (C=O) groups excluding carboxylic acids is 1. The number of aryl methyl sites for hydroxylation is 1. The highest BCUT2D eigenvalue weighted by Crippen LogP contribution is 2.32. The molecule has 2 aromatic heterocycles. The second-order valence-electron chi connectivity index (χ2n) is 8.07. The molecule has 0 saturated carbocycles. The minimum atomic E-state index is -1.97. The van der Waals surface area contributed by atoms with Gasteiger partial charge in [0.25, 0.3) is 0 Å². The molecule has 0 aliphatic carbocycles. The lowest BCUT2D eigenvalue weighted by molar-refractivity contribution is -0.126. The monoisotopic (exact) mass is 463 g/mol. The van der Waals surface area contributed by atoms with Gasteiger partial charge in [-0.1, -0.05) is 17.7 Å². The summed E-state index contributed by atoms with van der Waals surface area (Å²) < 4.78 is 21.8. The van der Waals surface area contributed by atoms with E-state index in [1.54, 1.807) is 12.4 Å². The maximum absolute atomic E-state index is 12.7. The number of carbonyl (C=O) groups is 1. The summed E-state index contributed by atoms with van der Waals surface area (Å²) in [5.74, 6) is 0.805. The van der Waals surface area contributed by atoms with Crippen LogP contribution < -0.4 is 10.2 Å². The normalized spacial score (nSPS) is 21.3. The molecule has 2 saturated heterocycles. The van der Waals surface area contributed by atoms with Crippen molar-refractivity contribution < 1.29 is 13.6 Å². The number of nitrogens with zero attached hydrogens (tertiary/aromatic N) is 4. The highest BCUT2D eigenvalue weighted by molar-refractivity contribution is 7.76. The number of piperidine rings is 1. The van der Waals surface area contributed by atoms with Gasteiger partial charge in [-0.3, -0.25) is 14.3 Å². The van der Waals surface area contributed by atoms with Gasteiger partial charge in [-0.2, -0.15) is 4.31 Å². The topological polar surface area (TPSA) is 98.7 Å². The van der Waals surface area contributed by atoms with Gasteiger partial charge in [0, 0.05) is 56.1 Å². The van der Waals surface area contributed by atoms with Crippen LogP contribution in [0.4, 0.5) is 5.82 Å². The van der Waals surface area contributed by atoms with Crippen LogP contribution in [0.1, 0.15) is 24.8 Å². The molecule has 2 fully saturated rings. The van der Waals surface area contributed by atoms with E-state index in [9.17, 15) is 13.6 Å². The Bertz CT molecular complexity index is 983. The Balaban J connectivity index is 1.37. The highest BCUT2D eigenvalue weighted by atomic mass is 35.5. The molecular weight excluding hydrogens is 438 g/mol. The third-order valence-corrected chi connectivity index (χ3v) is 7.09. The summed E-state index contributed by atoms with van der Waals surface area (Å²) in [7, 11) is 0. The molecule has 8 nitrogen and oxygen atoms in total. The maximum atomic E-state index is 12.7. The average molecular weight is 464 g/mol. The number of hydrogen-bond donors (Lipinski definition) is 2. The largest absolute Gasteiger partial charge is 0.357 e. The van der Waals surface area contributed by atoms with E-state index in [0.717, 1.165) is 48.6 Å². The first-order valence-corrected chi connectivity index (χ1v) is 11.9. The van der Waals surface area contributed by atoms with Crippen LogP contribution in [0.3, 0.4) is 0 Å². The number of anilines is 1. The summed E-state index contributed by atoms with van der Waals surface area (Å²) in [5, 5.41) is 3.61. The first kappa shape index (κ1) is 22.1. The minimum Gasteiger partial charge on any atom is -0.357 e. The van der Waals surface area contributed by atoms with Crippen molar-refractivity contribution in [2.75, 3.05) is 31.1 Å². The zero-order valence-corrected chi connectivity index (χ0v) is 18.9. The Morgan fingerprint density at radius 1 is 1.26 bits per heavy atom. The van der Waals surface area contributed by atoms with E-state index in [0.29, 0.717) is 24.5 Å². The number of hydrogen-bond acceptors (Lipinski definition) is 5. The summed E-state index contributed by atoms with van der Waals surface area (Å²) in [4.78, 5) is 23.8. The zero-order valence-electron chi connectivity index (χ0n) is 17.3. The van der Waals surface area contributed by atoms with Crippen LogP contribution >= 0.6 is 11.6 Å². The van der Waals surface area contributed by atoms with Gasteiger partial charge in [-0.15, -0.1) is 0 Å². The summed E-state index contributed by atoms with van der Waals surface area (Å²) in [6.45, 7) is 4.39. The van der Waals surface area contributed by atoms with Crippen LogP contribution in [-0.2, 0) is 16.1 Å². The van der Waals surface area contributed by atoms with Gasteiger partial charge in [-0.25, -0.2) is 9.19 Å². The van der Waals surface area contributed by atoms with Crippen molar-refractivity contribution in [2.45, 2.75) is 32.2 Å². The summed E-state index contributed by atoms with van der Waals surface area (Å²) in [5.41, 5.74) is 2.75. The Hall–Kier alpha value is -2.07. The average Bonchev–Trinajstić information content (AvgIpc) is 3.24. The lowest BCUT2D eigenvalue weighted by Gasteiger charge is -2.33. The summed E-state index contributed by atoms with van der Waals surface area (Å²) in [6.07, 6.45) is 5.58. The molecule has 2 aromatic rings. The first-order valence-electron chi connectivity index (χ1n) is 10.4. The molecule has 10 heteroatoms. The molecule has 0 aromatic carbocycles. The predicted molar refractivity (Wildman–Crippen MR) is 121 cm³/mol. The Morgan fingerprint density at radius 2 is 2.03 bits per heavy atom. The number of amides is 1. The molecule has 0 bridgehead atoms. The Kier molecular flexibility index (Phi) is 6.86. The fourth-order valence-electron chi connectivity index (χ4n) is 4.23. The van der Waals surface area contributed by atoms with E-state index < -0.39 is 11.3 Å². The Labute approximate surface area is 189 Å². The van der Waals surface area contributed by atoms with Crippen molar-refractivity contribution in [3.63, 3.8) is 0 Å². The van der Waals surface area contributed by atoms with Crippen molar-refractivity contribution in [1.82, 2.24) is 19.6 Å². The van der Waals surface area contributed by atoms with Crippen molar-refractivity contribution in [2.24, 2.45) is 5.92 Å². The van der Waals surface area contributed by atoms with E-state index in [1.807, 2.05) is 25.1 Å². The quantitative estimate of drug-likeness (QED) is 0.661. The van der Waals surface area contributed by atoms with Gasteiger partial charge in [0.1, 0.15) is 5.82 Å². The highest BCUT2D eigenvalue weighted by Gasteiger charge is 2.31. The van der Waals surface area contributed by atoms with E-state index in [2.05, 4.69) is 20.2 Å². The second kappa shape index (κ2) is 9.60. The van der Waals surface area contributed by atoms with Gasteiger partial charge in [-0.05, 0) is 43.9 Å². The SMILES string of the molecule is Cc1cccnc1-c1cc(N2CCC(C(=O)N[C@@H]3CCN(S(=O)O)C3)CC2)ncc1Cl. The summed E-state index contributed by atoms with van der Waals surface area (Å²) >= 11 is 4.43. The van der Waals surface area contributed by atoms with Crippen molar-refractivity contribution in [3.8, 4) is 11.3 Å². The standard InChI is InChI=1S/C21H26ClN5O3S/c1-14-3-2-7-23-20(14)17-11-19(24-12-18(17)22)26-8-4-15(5-9-26)21(28)25-16-6-10-27(13-16)31(29)30/h2-3,7,11-12,15-16H,4-6,8-10,13H2,1H3,(H,25,28)(H,29,30)/t16-/m1/s1. The molecule has 0 radical (unpaired) electrons. The molecule has 1 unspecified atom stereocenters.